The smallest absolute Gasteiger partial charge is 0.247 e. The van der Waals surface area contributed by atoms with E-state index < -0.39 is 12.0 Å². The Labute approximate surface area is 93.3 Å². The maximum absolute atomic E-state index is 12.9. The number of nitrogens with one attached hydrogen (secondary N) is 1. The number of amides is 1. The van der Waals surface area contributed by atoms with Crippen molar-refractivity contribution in [3.63, 3.8) is 0 Å². The average Bonchev–Trinajstić information content (AvgIpc) is 2.23. The van der Waals surface area contributed by atoms with Gasteiger partial charge in [0.1, 0.15) is 11.9 Å². The van der Waals surface area contributed by atoms with Crippen LogP contribution in [0.25, 0.3) is 0 Å². The van der Waals surface area contributed by atoms with E-state index in [0.29, 0.717) is 12.1 Å². The molecule has 0 aromatic heterocycles. The number of rotatable bonds is 5. The number of halogens is 1. The summed E-state index contributed by atoms with van der Waals surface area (Å²) < 4.78 is 12.9. The number of benzene rings is 1. The van der Waals surface area contributed by atoms with Crippen molar-refractivity contribution < 1.29 is 14.3 Å². The van der Waals surface area contributed by atoms with Crippen LogP contribution in [0.1, 0.15) is 11.1 Å². The molecule has 0 aliphatic heterocycles. The number of nitrogens with two attached hydrogens (primary N) is 1. The van der Waals surface area contributed by atoms with Crippen molar-refractivity contribution in [2.24, 2.45) is 5.73 Å². The van der Waals surface area contributed by atoms with Crippen LogP contribution in [-0.2, 0) is 11.3 Å². The minimum Gasteiger partial charge on any atom is -0.382 e. The van der Waals surface area contributed by atoms with Gasteiger partial charge in [-0.05, 0) is 24.1 Å². The van der Waals surface area contributed by atoms with E-state index in [4.69, 9.17) is 10.8 Å². The molecule has 5 heteroatoms. The van der Waals surface area contributed by atoms with Gasteiger partial charge in [-0.3, -0.25) is 4.79 Å². The van der Waals surface area contributed by atoms with E-state index in [1.54, 1.807) is 19.1 Å². The quantitative estimate of drug-likeness (QED) is 0.665. The molecule has 4 N–H and O–H groups in total. The summed E-state index contributed by atoms with van der Waals surface area (Å²) in [5.74, 6) is -1.01. The maximum Gasteiger partial charge on any atom is 0.247 e. The molecule has 1 rings (SSSR count). The van der Waals surface area contributed by atoms with Crippen molar-refractivity contribution in [3.8, 4) is 0 Å². The molecule has 1 aromatic carbocycles. The van der Waals surface area contributed by atoms with Crippen molar-refractivity contribution in [2.45, 2.75) is 19.6 Å². The summed E-state index contributed by atoms with van der Waals surface area (Å²) in [4.78, 5) is 10.5. The minimum atomic E-state index is -1.19. The number of carbonyl (C=O) groups is 1. The highest BCUT2D eigenvalue weighted by Crippen LogP contribution is 2.08. The first kappa shape index (κ1) is 12.6. The second-order valence-electron chi connectivity index (χ2n) is 3.63. The molecule has 1 unspecified atom stereocenters. The third-order valence-electron chi connectivity index (χ3n) is 2.22. The van der Waals surface area contributed by atoms with Crippen molar-refractivity contribution in [1.82, 2.24) is 5.32 Å². The van der Waals surface area contributed by atoms with Crippen LogP contribution in [0.3, 0.4) is 0 Å². The Balaban J connectivity index is 2.43. The molecule has 0 aliphatic carbocycles. The molecule has 1 aromatic rings. The van der Waals surface area contributed by atoms with Gasteiger partial charge in [-0.25, -0.2) is 4.39 Å². The van der Waals surface area contributed by atoms with Gasteiger partial charge in [0.05, 0.1) is 0 Å². The monoisotopic (exact) mass is 226 g/mol. The molecule has 4 nitrogen and oxygen atoms in total. The zero-order valence-corrected chi connectivity index (χ0v) is 9.03. The summed E-state index contributed by atoms with van der Waals surface area (Å²) in [5.41, 5.74) is 6.33. The highest BCUT2D eigenvalue weighted by Gasteiger charge is 2.09. The van der Waals surface area contributed by atoms with Crippen LogP contribution < -0.4 is 11.1 Å². The summed E-state index contributed by atoms with van der Waals surface area (Å²) in [5, 5.41) is 12.0. The summed E-state index contributed by atoms with van der Waals surface area (Å²) in [7, 11) is 0. The van der Waals surface area contributed by atoms with E-state index in [2.05, 4.69) is 5.32 Å². The van der Waals surface area contributed by atoms with Gasteiger partial charge in [0, 0.05) is 13.1 Å². The fourth-order valence-corrected chi connectivity index (χ4v) is 1.27. The van der Waals surface area contributed by atoms with Gasteiger partial charge in [-0.1, -0.05) is 12.1 Å². The standard InChI is InChI=1S/C11H15FN2O2/c1-7-4-8(2-3-9(7)12)5-14-6-10(15)11(13)16/h2-4,10,14-15H,5-6H2,1H3,(H2,13,16). The first-order chi connectivity index (χ1) is 7.50. The van der Waals surface area contributed by atoms with Crippen LogP contribution in [0, 0.1) is 12.7 Å². The number of hydrogen-bond donors (Lipinski definition) is 3. The molecule has 1 amide bonds. The van der Waals surface area contributed by atoms with Gasteiger partial charge in [0.25, 0.3) is 0 Å². The van der Waals surface area contributed by atoms with Crippen LogP contribution in [0.5, 0.6) is 0 Å². The molecule has 88 valence electrons. The van der Waals surface area contributed by atoms with Crippen molar-refractivity contribution >= 4 is 5.91 Å². The molecule has 0 heterocycles. The number of primary amides is 1. The van der Waals surface area contributed by atoms with Gasteiger partial charge in [-0.15, -0.1) is 0 Å². The fraction of sp³-hybridized carbons (Fsp3) is 0.364. The summed E-state index contributed by atoms with van der Waals surface area (Å²) in [6.07, 6.45) is -1.19. The molecule has 16 heavy (non-hydrogen) atoms. The Hall–Kier alpha value is -1.46. The molecule has 0 fully saturated rings. The van der Waals surface area contributed by atoms with Crippen LogP contribution in [-0.4, -0.2) is 23.7 Å². The third kappa shape index (κ3) is 3.60. The van der Waals surface area contributed by atoms with Gasteiger partial charge in [0.15, 0.2) is 0 Å². The maximum atomic E-state index is 12.9. The van der Waals surface area contributed by atoms with Crippen molar-refractivity contribution in [1.29, 1.82) is 0 Å². The first-order valence-corrected chi connectivity index (χ1v) is 4.94. The molecule has 1 atom stereocenters. The Bertz CT molecular complexity index is 382. The summed E-state index contributed by atoms with van der Waals surface area (Å²) in [6.45, 7) is 2.22. The SMILES string of the molecule is Cc1cc(CNCC(O)C(N)=O)ccc1F. The predicted octanol–water partition coefficient (Wildman–Crippen LogP) is 0.0699. The summed E-state index contributed by atoms with van der Waals surface area (Å²) in [6, 6.07) is 4.74. The highest BCUT2D eigenvalue weighted by molar-refractivity contribution is 5.78. The number of aliphatic hydroxyl groups excluding tert-OH is 1. The van der Waals surface area contributed by atoms with Crippen LogP contribution >= 0.6 is 0 Å². The fourth-order valence-electron chi connectivity index (χ4n) is 1.27. The topological polar surface area (TPSA) is 75.3 Å². The van der Waals surface area contributed by atoms with E-state index in [0.717, 1.165) is 5.56 Å². The Morgan fingerprint density at radius 1 is 1.62 bits per heavy atom. The van der Waals surface area contributed by atoms with Gasteiger partial charge < -0.3 is 16.2 Å². The Morgan fingerprint density at radius 3 is 2.88 bits per heavy atom. The number of hydrogen-bond acceptors (Lipinski definition) is 3. The number of aryl methyl sites for hydroxylation is 1. The molecule has 0 saturated heterocycles. The van der Waals surface area contributed by atoms with Crippen LogP contribution in [0.4, 0.5) is 4.39 Å². The normalized spacial score (nSPS) is 12.4. The van der Waals surface area contributed by atoms with E-state index in [-0.39, 0.29) is 12.4 Å². The molecule has 0 saturated carbocycles. The third-order valence-corrected chi connectivity index (χ3v) is 2.22. The van der Waals surface area contributed by atoms with Crippen molar-refractivity contribution in [2.75, 3.05) is 6.54 Å². The second kappa shape index (κ2) is 5.58. The zero-order chi connectivity index (χ0) is 12.1. The Kier molecular flexibility index (Phi) is 4.39. The van der Waals surface area contributed by atoms with E-state index in [1.807, 2.05) is 0 Å². The summed E-state index contributed by atoms with van der Waals surface area (Å²) >= 11 is 0. The zero-order valence-electron chi connectivity index (χ0n) is 9.03. The first-order valence-electron chi connectivity index (χ1n) is 4.94. The van der Waals surface area contributed by atoms with E-state index in [1.165, 1.54) is 6.07 Å². The lowest BCUT2D eigenvalue weighted by Gasteiger charge is -2.08. The van der Waals surface area contributed by atoms with Gasteiger partial charge >= 0.3 is 0 Å². The molecule has 0 radical (unpaired) electrons. The number of aliphatic hydroxyl groups is 1. The minimum absolute atomic E-state index is 0.0890. The predicted molar refractivity (Wildman–Crippen MR) is 58.0 cm³/mol. The second-order valence-corrected chi connectivity index (χ2v) is 3.63. The molecular weight excluding hydrogens is 211 g/mol. The number of carbonyl (C=O) groups excluding carboxylic acids is 1. The Morgan fingerprint density at radius 2 is 2.31 bits per heavy atom. The van der Waals surface area contributed by atoms with E-state index in [9.17, 15) is 9.18 Å². The lowest BCUT2D eigenvalue weighted by atomic mass is 10.1. The highest BCUT2D eigenvalue weighted by atomic mass is 19.1. The largest absolute Gasteiger partial charge is 0.382 e. The van der Waals surface area contributed by atoms with Gasteiger partial charge in [-0.2, -0.15) is 0 Å². The molecule has 0 aliphatic rings. The lowest BCUT2D eigenvalue weighted by molar-refractivity contribution is -0.125. The molecular formula is C11H15FN2O2. The molecule has 0 spiro atoms. The van der Waals surface area contributed by atoms with Crippen molar-refractivity contribution in [3.05, 3.63) is 35.1 Å². The lowest BCUT2D eigenvalue weighted by Crippen LogP contribution is -2.37. The van der Waals surface area contributed by atoms with E-state index >= 15 is 0 Å². The van der Waals surface area contributed by atoms with Crippen LogP contribution in [0.15, 0.2) is 18.2 Å². The van der Waals surface area contributed by atoms with Crippen LogP contribution in [0.2, 0.25) is 0 Å². The average molecular weight is 226 g/mol. The molecule has 0 bridgehead atoms. The van der Waals surface area contributed by atoms with Gasteiger partial charge in [0.2, 0.25) is 5.91 Å².